The minimum absolute atomic E-state index is 0.0216. The average molecular weight is 1720 g/mol. The van der Waals surface area contributed by atoms with Gasteiger partial charge in [-0.05, 0) is 239 Å². The standard InChI is InChI=1S/3C16H22O3.4C14H18O3/c3*1-3-19-15(18)10-13-8-9-14(17)16(13)12-6-4-11(2)5-7-12;4*1-9-2-4-10(5-3-9)14-11(8-13(16)17)6-7-12(14)15/h3*4-7,13-14,16-17H,3,8-10H2,1-2H3;4*2-5,11-12,14-15H,6-8H2,1H3,(H,16,17). The molecule has 21 heteroatoms. The van der Waals surface area contributed by atoms with Crippen molar-refractivity contribution in [2.24, 2.45) is 41.4 Å². The summed E-state index contributed by atoms with van der Waals surface area (Å²) in [5.41, 5.74) is 16.0. The lowest BCUT2D eigenvalue weighted by Crippen LogP contribution is -2.20. The number of aryl methyl sites for hydroxylation is 7. The number of carbonyl (C=O) groups excluding carboxylic acids is 3. The first-order valence-electron chi connectivity index (χ1n) is 45.2. The summed E-state index contributed by atoms with van der Waals surface area (Å²) in [4.78, 5) is 78.1. The first-order valence-corrected chi connectivity index (χ1v) is 45.2. The second kappa shape index (κ2) is 50.2. The van der Waals surface area contributed by atoms with E-state index in [4.69, 9.17) is 34.6 Å². The van der Waals surface area contributed by atoms with Crippen LogP contribution in [0.2, 0.25) is 0 Å². The molecule has 0 bridgehead atoms. The van der Waals surface area contributed by atoms with E-state index >= 15 is 0 Å². The van der Waals surface area contributed by atoms with Crippen molar-refractivity contribution in [3.05, 3.63) is 248 Å². The molecule has 0 saturated heterocycles. The van der Waals surface area contributed by atoms with Crippen molar-refractivity contribution in [2.75, 3.05) is 19.8 Å². The van der Waals surface area contributed by atoms with Crippen LogP contribution in [0.4, 0.5) is 0 Å². The van der Waals surface area contributed by atoms with E-state index in [1.165, 1.54) is 38.9 Å². The highest BCUT2D eigenvalue weighted by Crippen LogP contribution is 2.48. The SMILES string of the molecule is CCOC(=O)CC1CCC(O)C1c1ccc(C)cc1.CCOC(=O)CC1CCC(O)C1c1ccc(C)cc1.CCOC(=O)CC1CCC(O)C1c1ccc(C)cc1.Cc1ccc(C2C(O)CCC2CC(=O)O)cc1.Cc1ccc(C2C(O)CCC2CC(=O)O)cc1.Cc1ccc(C2C(O)CCC2CC(=O)O)cc1.Cc1ccc(C2C(O)CCC2CC(=O)O)cc1. The predicted molar refractivity (Wildman–Crippen MR) is 481 cm³/mol. The quantitative estimate of drug-likeness (QED) is 0.0198. The topological polar surface area (TPSA) is 370 Å². The third-order valence-electron chi connectivity index (χ3n) is 26.5. The number of benzene rings is 7. The Kier molecular flexibility index (Phi) is 40.5. The average Bonchev–Trinajstić information content (AvgIpc) is 1.74. The van der Waals surface area contributed by atoms with Gasteiger partial charge in [0, 0.05) is 86.4 Å². The number of hydrogen-bond donors (Lipinski definition) is 11. The van der Waals surface area contributed by atoms with Crippen LogP contribution in [-0.4, -0.2) is 161 Å². The van der Waals surface area contributed by atoms with Crippen LogP contribution >= 0.6 is 0 Å². The number of ether oxygens (including phenoxy) is 3. The van der Waals surface area contributed by atoms with E-state index in [1.807, 2.05) is 166 Å². The zero-order valence-electron chi connectivity index (χ0n) is 74.8. The minimum atomic E-state index is -0.777. The van der Waals surface area contributed by atoms with Crippen molar-refractivity contribution in [3.8, 4) is 0 Å². The highest BCUT2D eigenvalue weighted by Gasteiger charge is 2.44. The molecule has 0 aromatic heterocycles. The minimum Gasteiger partial charge on any atom is -0.481 e. The summed E-state index contributed by atoms with van der Waals surface area (Å²) in [7, 11) is 0. The first-order chi connectivity index (χ1) is 59.6. The van der Waals surface area contributed by atoms with Crippen molar-refractivity contribution in [1.29, 1.82) is 0 Å². The lowest BCUT2D eigenvalue weighted by atomic mass is 9.85. The van der Waals surface area contributed by atoms with Gasteiger partial charge in [-0.15, -0.1) is 0 Å². The van der Waals surface area contributed by atoms with Crippen molar-refractivity contribution >= 4 is 41.8 Å². The molecule has 0 radical (unpaired) electrons. The Hall–Kier alpha value is -9.45. The molecule has 14 rings (SSSR count). The molecule has 0 heterocycles. The lowest BCUT2D eigenvalue weighted by Gasteiger charge is -2.22. The number of aliphatic hydroxyl groups excluding tert-OH is 7. The molecule has 21 unspecified atom stereocenters. The molecule has 7 aliphatic rings. The van der Waals surface area contributed by atoms with E-state index in [0.717, 1.165) is 103 Å². The maximum Gasteiger partial charge on any atom is 0.306 e. The largest absolute Gasteiger partial charge is 0.481 e. The molecule has 125 heavy (non-hydrogen) atoms. The van der Waals surface area contributed by atoms with Crippen LogP contribution in [0.25, 0.3) is 0 Å². The fraction of sp³-hybridized carbons (Fsp3) is 0.529. The molecule has 11 N–H and O–H groups in total. The number of aliphatic hydroxyl groups is 7. The first kappa shape index (κ1) is 101. The number of carbonyl (C=O) groups is 7. The molecule has 680 valence electrons. The number of carboxylic acid groups (broad SMARTS) is 4. The van der Waals surface area contributed by atoms with Crippen molar-refractivity contribution in [2.45, 2.75) is 288 Å². The monoisotopic (exact) mass is 1720 g/mol. The van der Waals surface area contributed by atoms with E-state index in [1.54, 1.807) is 0 Å². The normalized spacial score (nSPS) is 27.4. The summed E-state index contributed by atoms with van der Waals surface area (Å²) >= 11 is 0. The molecule has 21 nitrogen and oxygen atoms in total. The van der Waals surface area contributed by atoms with Gasteiger partial charge in [0.15, 0.2) is 0 Å². The molecule has 7 saturated carbocycles. The Morgan fingerprint density at radius 1 is 0.216 bits per heavy atom. The number of esters is 3. The van der Waals surface area contributed by atoms with Gasteiger partial charge in [-0.1, -0.05) is 209 Å². The summed E-state index contributed by atoms with van der Waals surface area (Å²) in [6, 6.07) is 56.8. The molecule has 7 aromatic carbocycles. The van der Waals surface area contributed by atoms with Gasteiger partial charge in [0.2, 0.25) is 0 Å². The lowest BCUT2D eigenvalue weighted by molar-refractivity contribution is -0.145. The summed E-state index contributed by atoms with van der Waals surface area (Å²) < 4.78 is 15.1. The van der Waals surface area contributed by atoms with Crippen molar-refractivity contribution in [1.82, 2.24) is 0 Å². The van der Waals surface area contributed by atoms with Gasteiger partial charge >= 0.3 is 41.8 Å². The van der Waals surface area contributed by atoms with E-state index in [-0.39, 0.29) is 145 Å². The van der Waals surface area contributed by atoms with Gasteiger partial charge in [0.25, 0.3) is 0 Å². The molecule has 0 aliphatic heterocycles. The zero-order valence-corrected chi connectivity index (χ0v) is 74.8. The zero-order chi connectivity index (χ0) is 91.1. The molecule has 21 atom stereocenters. The Bertz CT molecular complexity index is 3940. The van der Waals surface area contributed by atoms with Crippen LogP contribution in [0.3, 0.4) is 0 Å². The highest BCUT2D eigenvalue weighted by molar-refractivity contribution is 5.72. The van der Waals surface area contributed by atoms with Crippen LogP contribution in [0.1, 0.15) is 275 Å². The van der Waals surface area contributed by atoms with Gasteiger partial charge in [-0.2, -0.15) is 0 Å². The van der Waals surface area contributed by atoms with Crippen LogP contribution in [0, 0.1) is 89.9 Å². The smallest absolute Gasteiger partial charge is 0.306 e. The summed E-state index contributed by atoms with van der Waals surface area (Å²) in [5, 5.41) is 106. The second-order valence-electron chi connectivity index (χ2n) is 35.8. The summed E-state index contributed by atoms with van der Waals surface area (Å²) in [5.74, 6) is -2.66. The second-order valence-corrected chi connectivity index (χ2v) is 35.8. The molecular weight excluding hydrogens is 1590 g/mol. The molecule has 7 fully saturated rings. The third kappa shape index (κ3) is 30.9. The van der Waals surface area contributed by atoms with Crippen LogP contribution < -0.4 is 0 Å². The Balaban J connectivity index is 0.000000181. The maximum atomic E-state index is 11.6. The van der Waals surface area contributed by atoms with Crippen LogP contribution in [0.5, 0.6) is 0 Å². The number of aliphatic carboxylic acids is 4. The van der Waals surface area contributed by atoms with E-state index in [0.29, 0.717) is 64.8 Å². The summed E-state index contributed by atoms with van der Waals surface area (Å²) in [6.45, 7) is 20.9. The van der Waals surface area contributed by atoms with E-state index < -0.39 is 48.3 Å². The van der Waals surface area contributed by atoms with E-state index in [9.17, 15) is 69.3 Å². The van der Waals surface area contributed by atoms with E-state index in [2.05, 4.69) is 72.8 Å². The van der Waals surface area contributed by atoms with Gasteiger partial charge < -0.3 is 70.4 Å². The van der Waals surface area contributed by atoms with Crippen molar-refractivity contribution < 1.29 is 104 Å². The van der Waals surface area contributed by atoms with Gasteiger partial charge in [0.1, 0.15) is 0 Å². The van der Waals surface area contributed by atoms with Gasteiger partial charge in [-0.25, -0.2) is 0 Å². The molecule has 0 spiro atoms. The molecular formula is C104H138O21. The Morgan fingerprint density at radius 3 is 0.448 bits per heavy atom. The number of carboxylic acids is 4. The van der Waals surface area contributed by atoms with Gasteiger partial charge in [0.05, 0.1) is 62.5 Å². The third-order valence-corrected chi connectivity index (χ3v) is 26.5. The van der Waals surface area contributed by atoms with Crippen LogP contribution in [0.15, 0.2) is 170 Å². The molecule has 0 amide bonds. The number of rotatable bonds is 24. The van der Waals surface area contributed by atoms with Crippen LogP contribution in [-0.2, 0) is 47.8 Å². The molecule has 7 aliphatic carbocycles. The molecule has 7 aromatic rings. The Morgan fingerprint density at radius 2 is 0.336 bits per heavy atom. The predicted octanol–water partition coefficient (Wildman–Crippen LogP) is 17.7. The highest BCUT2D eigenvalue weighted by atomic mass is 16.5. The summed E-state index contributed by atoms with van der Waals surface area (Å²) in [6.07, 6.45) is 10.1. The Labute approximate surface area is 739 Å². The fourth-order valence-electron chi connectivity index (χ4n) is 20.2. The van der Waals surface area contributed by atoms with Gasteiger partial charge in [-0.3, -0.25) is 33.6 Å². The fourth-order valence-corrected chi connectivity index (χ4v) is 20.2. The number of hydrogen-bond acceptors (Lipinski definition) is 17. The van der Waals surface area contributed by atoms with Crippen molar-refractivity contribution in [3.63, 3.8) is 0 Å². The maximum absolute atomic E-state index is 11.6.